The Morgan fingerprint density at radius 3 is 2.31 bits per heavy atom. The predicted octanol–water partition coefficient (Wildman–Crippen LogP) is 3.02. The van der Waals surface area contributed by atoms with Gasteiger partial charge in [0.2, 0.25) is 15.9 Å². The van der Waals surface area contributed by atoms with Crippen LogP contribution in [0.2, 0.25) is 0 Å². The molecule has 0 fully saturated rings. The van der Waals surface area contributed by atoms with E-state index < -0.39 is 10.0 Å². The number of carbonyl (C=O) groups is 1. The first-order valence-corrected chi connectivity index (χ1v) is 10.7. The number of rotatable bonds is 10. The van der Waals surface area contributed by atoms with Crippen LogP contribution in [-0.2, 0) is 14.8 Å². The van der Waals surface area contributed by atoms with Crippen LogP contribution in [0.1, 0.15) is 41.0 Å². The molecule has 1 atom stereocenters. The summed E-state index contributed by atoms with van der Waals surface area (Å²) >= 11 is 0. The van der Waals surface area contributed by atoms with E-state index in [2.05, 4.69) is 26.1 Å². The predicted molar refractivity (Wildman–Crippen MR) is 107 cm³/mol. The van der Waals surface area contributed by atoms with E-state index >= 15 is 0 Å². The molecule has 1 aromatic rings. The molecule has 26 heavy (non-hydrogen) atoms. The van der Waals surface area contributed by atoms with Gasteiger partial charge in [-0.25, -0.2) is 8.42 Å². The van der Waals surface area contributed by atoms with Crippen LogP contribution in [0.3, 0.4) is 0 Å². The van der Waals surface area contributed by atoms with Gasteiger partial charge in [0, 0.05) is 24.8 Å². The molecule has 7 heteroatoms. The van der Waals surface area contributed by atoms with Crippen LogP contribution < -0.4 is 5.32 Å². The van der Waals surface area contributed by atoms with Crippen molar-refractivity contribution < 1.29 is 13.2 Å². The summed E-state index contributed by atoms with van der Waals surface area (Å²) < 4.78 is 26.6. The molecular weight excluding hydrogens is 350 g/mol. The van der Waals surface area contributed by atoms with Crippen molar-refractivity contribution in [3.8, 4) is 0 Å². The van der Waals surface area contributed by atoms with Crippen LogP contribution in [0, 0.1) is 5.92 Å². The number of hydrogen-bond donors (Lipinski definition) is 1. The fourth-order valence-corrected chi connectivity index (χ4v) is 4.40. The Kier molecular flexibility index (Phi) is 8.73. The van der Waals surface area contributed by atoms with E-state index in [1.807, 2.05) is 11.9 Å². The van der Waals surface area contributed by atoms with Crippen molar-refractivity contribution in [2.75, 3.05) is 32.0 Å². The Labute approximate surface area is 158 Å². The molecule has 1 aromatic carbocycles. The van der Waals surface area contributed by atoms with Crippen molar-refractivity contribution in [3.63, 3.8) is 0 Å². The number of amides is 1. The maximum absolute atomic E-state index is 12.6. The standard InChI is InChI=1S/C19H33N3O3S/c1-7-22(8-2)26(24,25)18-11-9-10-17(13-18)20-19(23)14-21(6)16(5)12-15(3)4/h9-11,13,15-16H,7-8,12,14H2,1-6H3,(H,20,23). The van der Waals surface area contributed by atoms with Gasteiger partial charge >= 0.3 is 0 Å². The third-order valence-corrected chi connectivity index (χ3v) is 6.46. The van der Waals surface area contributed by atoms with E-state index in [0.717, 1.165) is 6.42 Å². The van der Waals surface area contributed by atoms with Gasteiger partial charge in [-0.05, 0) is 44.5 Å². The van der Waals surface area contributed by atoms with Crippen molar-refractivity contribution in [2.45, 2.75) is 52.0 Å². The number of likely N-dealkylation sites (N-methyl/N-ethyl adjacent to an activating group) is 1. The summed E-state index contributed by atoms with van der Waals surface area (Å²) in [4.78, 5) is 14.5. The first-order chi connectivity index (χ1) is 12.1. The van der Waals surface area contributed by atoms with Crippen LogP contribution in [0.25, 0.3) is 0 Å². The first kappa shape index (κ1) is 22.6. The Bertz CT molecular complexity index is 685. The maximum atomic E-state index is 12.6. The van der Waals surface area contributed by atoms with Gasteiger partial charge in [0.15, 0.2) is 0 Å². The normalized spacial score (nSPS) is 13.4. The number of benzene rings is 1. The number of carbonyl (C=O) groups excluding carboxylic acids is 1. The summed E-state index contributed by atoms with van der Waals surface area (Å²) in [6.45, 7) is 11.1. The highest BCUT2D eigenvalue weighted by atomic mass is 32.2. The number of nitrogens with one attached hydrogen (secondary N) is 1. The van der Waals surface area contributed by atoms with Crippen LogP contribution in [0.4, 0.5) is 5.69 Å². The van der Waals surface area contributed by atoms with Crippen molar-refractivity contribution in [1.29, 1.82) is 0 Å². The zero-order chi connectivity index (χ0) is 19.9. The molecule has 0 radical (unpaired) electrons. The topological polar surface area (TPSA) is 69.7 Å². The SMILES string of the molecule is CCN(CC)S(=O)(=O)c1cccc(NC(=O)CN(C)C(C)CC(C)C)c1. The van der Waals surface area contributed by atoms with E-state index in [9.17, 15) is 13.2 Å². The van der Waals surface area contributed by atoms with Gasteiger partial charge in [-0.3, -0.25) is 9.69 Å². The summed E-state index contributed by atoms with van der Waals surface area (Å²) in [5.74, 6) is 0.415. The molecule has 1 rings (SSSR count). The quantitative estimate of drug-likeness (QED) is 0.674. The summed E-state index contributed by atoms with van der Waals surface area (Å²) in [5, 5.41) is 2.80. The van der Waals surface area contributed by atoms with Gasteiger partial charge in [-0.1, -0.05) is 33.8 Å². The molecular formula is C19H33N3O3S. The Morgan fingerprint density at radius 1 is 1.15 bits per heavy atom. The molecule has 1 unspecified atom stereocenters. The van der Waals surface area contributed by atoms with E-state index in [4.69, 9.17) is 0 Å². The molecule has 0 saturated heterocycles. The Hall–Kier alpha value is -1.44. The number of anilines is 1. The van der Waals surface area contributed by atoms with Crippen LogP contribution in [0.15, 0.2) is 29.2 Å². The van der Waals surface area contributed by atoms with Crippen LogP contribution >= 0.6 is 0 Å². The second-order valence-electron chi connectivity index (χ2n) is 7.06. The Balaban J connectivity index is 2.81. The highest BCUT2D eigenvalue weighted by Gasteiger charge is 2.22. The molecule has 0 aromatic heterocycles. The van der Waals surface area contributed by atoms with E-state index in [0.29, 0.717) is 30.7 Å². The summed E-state index contributed by atoms with van der Waals surface area (Å²) in [5.41, 5.74) is 0.494. The number of nitrogens with zero attached hydrogens (tertiary/aromatic N) is 2. The van der Waals surface area contributed by atoms with Gasteiger partial charge in [-0.15, -0.1) is 0 Å². The molecule has 0 heterocycles. The van der Waals surface area contributed by atoms with Crippen molar-refractivity contribution in [1.82, 2.24) is 9.21 Å². The average molecular weight is 384 g/mol. The molecule has 148 valence electrons. The van der Waals surface area contributed by atoms with Gasteiger partial charge < -0.3 is 5.32 Å². The monoisotopic (exact) mass is 383 g/mol. The summed E-state index contributed by atoms with van der Waals surface area (Å²) in [7, 11) is -1.61. The van der Waals surface area contributed by atoms with Gasteiger partial charge in [-0.2, -0.15) is 4.31 Å². The molecule has 1 amide bonds. The lowest BCUT2D eigenvalue weighted by Gasteiger charge is -2.25. The van der Waals surface area contributed by atoms with Crippen molar-refractivity contribution in [3.05, 3.63) is 24.3 Å². The minimum Gasteiger partial charge on any atom is -0.325 e. The molecule has 0 saturated carbocycles. The Morgan fingerprint density at radius 2 is 1.77 bits per heavy atom. The molecule has 6 nitrogen and oxygen atoms in total. The fourth-order valence-electron chi connectivity index (χ4n) is 2.89. The fraction of sp³-hybridized carbons (Fsp3) is 0.632. The lowest BCUT2D eigenvalue weighted by atomic mass is 10.0. The summed E-state index contributed by atoms with van der Waals surface area (Å²) in [6.07, 6.45) is 1.02. The maximum Gasteiger partial charge on any atom is 0.243 e. The van der Waals surface area contributed by atoms with E-state index in [1.54, 1.807) is 32.0 Å². The molecule has 0 aliphatic carbocycles. The van der Waals surface area contributed by atoms with Crippen LogP contribution in [-0.4, -0.2) is 56.3 Å². The van der Waals surface area contributed by atoms with E-state index in [-0.39, 0.29) is 17.3 Å². The molecule has 1 N–H and O–H groups in total. The highest BCUT2D eigenvalue weighted by Crippen LogP contribution is 2.19. The second-order valence-corrected chi connectivity index (χ2v) is 9.00. The molecule has 0 spiro atoms. The molecule has 0 aliphatic rings. The average Bonchev–Trinajstić information content (AvgIpc) is 2.55. The first-order valence-electron chi connectivity index (χ1n) is 9.22. The zero-order valence-electron chi connectivity index (χ0n) is 16.8. The number of sulfonamides is 1. The lowest BCUT2D eigenvalue weighted by molar-refractivity contribution is -0.117. The second kappa shape index (κ2) is 10.0. The third kappa shape index (κ3) is 6.37. The van der Waals surface area contributed by atoms with Crippen LogP contribution in [0.5, 0.6) is 0 Å². The smallest absolute Gasteiger partial charge is 0.243 e. The lowest BCUT2D eigenvalue weighted by Crippen LogP contribution is -2.37. The van der Waals surface area contributed by atoms with Crippen molar-refractivity contribution >= 4 is 21.6 Å². The van der Waals surface area contributed by atoms with Gasteiger partial charge in [0.1, 0.15) is 0 Å². The van der Waals surface area contributed by atoms with Gasteiger partial charge in [0.05, 0.1) is 11.4 Å². The molecule has 0 bridgehead atoms. The minimum atomic E-state index is -3.54. The highest BCUT2D eigenvalue weighted by molar-refractivity contribution is 7.89. The third-order valence-electron chi connectivity index (χ3n) is 4.42. The summed E-state index contributed by atoms with van der Waals surface area (Å²) in [6, 6.07) is 6.73. The van der Waals surface area contributed by atoms with Gasteiger partial charge in [0.25, 0.3) is 0 Å². The zero-order valence-corrected chi connectivity index (χ0v) is 17.6. The number of hydrogen-bond acceptors (Lipinski definition) is 4. The van der Waals surface area contributed by atoms with Crippen molar-refractivity contribution in [2.24, 2.45) is 5.92 Å². The molecule has 0 aliphatic heterocycles. The van der Waals surface area contributed by atoms with E-state index in [1.165, 1.54) is 10.4 Å². The largest absolute Gasteiger partial charge is 0.325 e. The minimum absolute atomic E-state index is 0.152.